The average molecular weight is 785 g/mol. The second-order valence-electron chi connectivity index (χ2n) is 18.2. The van der Waals surface area contributed by atoms with Gasteiger partial charge in [-0.05, 0) is 98.4 Å². The summed E-state index contributed by atoms with van der Waals surface area (Å²) in [7, 11) is 0.867. The van der Waals surface area contributed by atoms with Crippen LogP contribution in [0.15, 0.2) is 132 Å². The molecule has 0 aliphatic carbocycles. The molecule has 4 aromatic heterocycles. The third-order valence-electron chi connectivity index (χ3n) is 12.5. The van der Waals surface area contributed by atoms with Crippen LogP contribution in [0.5, 0.6) is 0 Å². The Hall–Kier alpha value is -5.82. The summed E-state index contributed by atoms with van der Waals surface area (Å²) in [5.41, 5.74) is 14.6. The van der Waals surface area contributed by atoms with E-state index in [1.165, 1.54) is 90.2 Å². The van der Waals surface area contributed by atoms with Crippen molar-refractivity contribution in [1.29, 1.82) is 0 Å². The summed E-state index contributed by atoms with van der Waals surface area (Å²) in [6.45, 7) is 13.8. The molecule has 6 heteroatoms. The van der Waals surface area contributed by atoms with Gasteiger partial charge in [-0.1, -0.05) is 108 Å². The van der Waals surface area contributed by atoms with E-state index in [9.17, 15) is 0 Å². The molecule has 12 rings (SSSR count). The lowest BCUT2D eigenvalue weighted by Gasteiger charge is -2.23. The number of hydrogen-bond acceptors (Lipinski definition) is 4. The van der Waals surface area contributed by atoms with E-state index in [0.717, 1.165) is 40.6 Å². The highest BCUT2D eigenvalue weighted by molar-refractivity contribution is 7.29. The van der Waals surface area contributed by atoms with Gasteiger partial charge in [0.1, 0.15) is 11.2 Å². The molecule has 0 spiro atoms. The third kappa shape index (κ3) is 4.98. The highest BCUT2D eigenvalue weighted by Gasteiger charge is 2.31. The SMILES string of the molecule is CC(C)(C)c1ccc(Nc2cc3c(cc2-c2ccc4c5cc6oc7ccccc7c6cc5n5c4c2Bc2sc4ccc(C(C)(C)C)cc4c2-5)sc2ccccc23)cc1. The first kappa shape index (κ1) is 34.2. The van der Waals surface area contributed by atoms with Gasteiger partial charge in [0.2, 0.25) is 7.28 Å². The van der Waals surface area contributed by atoms with Crippen molar-refractivity contribution in [3.63, 3.8) is 0 Å². The minimum atomic E-state index is 0.0421. The molecular weight excluding hydrogens is 744 g/mol. The van der Waals surface area contributed by atoms with Crippen LogP contribution < -0.4 is 15.6 Å². The number of furan rings is 1. The fourth-order valence-corrected chi connectivity index (χ4v) is 11.8. The zero-order chi connectivity index (χ0) is 39.2. The molecule has 3 nitrogen and oxygen atoms in total. The van der Waals surface area contributed by atoms with Crippen molar-refractivity contribution in [2.75, 3.05) is 5.32 Å². The quantitative estimate of drug-likeness (QED) is 0.181. The van der Waals surface area contributed by atoms with E-state index >= 15 is 0 Å². The Bertz CT molecular complexity index is 3530. The Kier molecular flexibility index (Phi) is 7.01. The van der Waals surface area contributed by atoms with Crippen LogP contribution in [-0.4, -0.2) is 11.8 Å². The molecule has 0 unspecified atom stereocenters. The maximum Gasteiger partial charge on any atom is 0.211 e. The molecule has 0 saturated heterocycles. The smallest absolute Gasteiger partial charge is 0.211 e. The van der Waals surface area contributed by atoms with Crippen LogP contribution in [0.1, 0.15) is 52.7 Å². The number of hydrogen-bond donors (Lipinski definition) is 1. The summed E-state index contributed by atoms with van der Waals surface area (Å²) < 4.78 is 14.5. The number of benzene rings is 7. The number of para-hydroxylation sites is 1. The summed E-state index contributed by atoms with van der Waals surface area (Å²) in [6, 6.07) is 47.7. The average Bonchev–Trinajstić information content (AvgIpc) is 3.95. The Labute approximate surface area is 345 Å². The Morgan fingerprint density at radius 1 is 0.534 bits per heavy atom. The van der Waals surface area contributed by atoms with Crippen molar-refractivity contribution in [3.05, 3.63) is 139 Å². The van der Waals surface area contributed by atoms with Crippen LogP contribution in [0, 0.1) is 0 Å². The molecule has 11 aromatic rings. The number of anilines is 2. The molecule has 0 atom stereocenters. The number of nitrogens with one attached hydrogen (secondary N) is 1. The molecule has 0 amide bonds. The van der Waals surface area contributed by atoms with Gasteiger partial charge in [0.05, 0.1) is 11.2 Å². The van der Waals surface area contributed by atoms with E-state index in [0.29, 0.717) is 0 Å². The van der Waals surface area contributed by atoms with Gasteiger partial charge in [0, 0.05) is 74.3 Å². The lowest BCUT2D eigenvalue weighted by atomic mass is 9.63. The highest BCUT2D eigenvalue weighted by Crippen LogP contribution is 2.45. The zero-order valence-electron chi connectivity index (χ0n) is 33.5. The summed E-state index contributed by atoms with van der Waals surface area (Å²) in [5.74, 6) is 0. The topological polar surface area (TPSA) is 30.1 Å². The predicted octanol–water partition coefficient (Wildman–Crippen LogP) is 14.0. The van der Waals surface area contributed by atoms with E-state index in [1.807, 2.05) is 22.7 Å². The van der Waals surface area contributed by atoms with E-state index in [1.54, 1.807) is 0 Å². The van der Waals surface area contributed by atoms with Gasteiger partial charge in [0.25, 0.3) is 0 Å². The van der Waals surface area contributed by atoms with Crippen LogP contribution in [0.25, 0.3) is 90.8 Å². The van der Waals surface area contributed by atoms with Gasteiger partial charge in [-0.25, -0.2) is 0 Å². The second-order valence-corrected chi connectivity index (χ2v) is 20.5. The van der Waals surface area contributed by atoms with Crippen molar-refractivity contribution in [2.24, 2.45) is 0 Å². The largest absolute Gasteiger partial charge is 0.456 e. The third-order valence-corrected chi connectivity index (χ3v) is 14.8. The molecule has 1 N–H and O–H groups in total. The molecule has 0 bridgehead atoms. The maximum absolute atomic E-state index is 6.52. The normalized spacial score (nSPS) is 13.1. The maximum atomic E-state index is 6.52. The van der Waals surface area contributed by atoms with Crippen LogP contribution in [-0.2, 0) is 10.8 Å². The van der Waals surface area contributed by atoms with Crippen LogP contribution in [0.3, 0.4) is 0 Å². The number of thiophene rings is 2. The minimum absolute atomic E-state index is 0.0421. The minimum Gasteiger partial charge on any atom is -0.456 e. The standard InChI is InChI=1S/C52H41BN2OS2/c1-51(2,3)28-15-18-30(19-16-28)54-40-24-38-32-12-8-10-14-44(32)57-46(38)27-35(40)33-20-21-34-36-26-43-37(31-11-7-9-13-42(31)56-43)25-41(36)55-48(34)47(33)53-50-49(55)39-23-29(52(4,5)6)17-22-45(39)58-50/h7-27,53-54H,1-6H3. The zero-order valence-corrected chi connectivity index (χ0v) is 35.1. The lowest BCUT2D eigenvalue weighted by molar-refractivity contribution is 0.590. The number of rotatable bonds is 3. The van der Waals surface area contributed by atoms with Gasteiger partial charge < -0.3 is 14.3 Å². The van der Waals surface area contributed by atoms with Crippen LogP contribution >= 0.6 is 22.7 Å². The first-order valence-corrected chi connectivity index (χ1v) is 21.9. The highest BCUT2D eigenvalue weighted by atomic mass is 32.1. The Morgan fingerprint density at radius 2 is 1.28 bits per heavy atom. The summed E-state index contributed by atoms with van der Waals surface area (Å²) >= 11 is 3.84. The molecule has 0 fully saturated rings. The first-order chi connectivity index (χ1) is 28.0. The van der Waals surface area contributed by atoms with E-state index in [4.69, 9.17) is 4.42 Å². The fourth-order valence-electron chi connectivity index (χ4n) is 9.49. The number of fused-ring (bicyclic) bond motifs is 13. The van der Waals surface area contributed by atoms with Gasteiger partial charge in [-0.2, -0.15) is 0 Å². The fraction of sp³-hybridized carbons (Fsp3) is 0.154. The molecule has 0 radical (unpaired) electrons. The molecule has 7 aromatic carbocycles. The van der Waals surface area contributed by atoms with Crippen molar-refractivity contribution in [1.82, 2.24) is 4.57 Å². The van der Waals surface area contributed by atoms with Gasteiger partial charge in [-0.3, -0.25) is 0 Å². The Morgan fingerprint density at radius 3 is 2.09 bits per heavy atom. The molecular formula is C52H41BN2OS2. The second kappa shape index (κ2) is 11.9. The number of nitrogens with zero attached hydrogens (tertiary/aromatic N) is 1. The van der Waals surface area contributed by atoms with E-state index in [2.05, 4.69) is 179 Å². The summed E-state index contributed by atoms with van der Waals surface area (Å²) in [5, 5.41) is 12.7. The molecule has 1 aliphatic rings. The molecule has 5 heterocycles. The predicted molar refractivity (Wildman–Crippen MR) is 255 cm³/mol. The molecule has 0 saturated carbocycles. The van der Waals surface area contributed by atoms with Gasteiger partial charge in [-0.15, -0.1) is 22.7 Å². The monoisotopic (exact) mass is 784 g/mol. The van der Waals surface area contributed by atoms with Crippen molar-refractivity contribution < 1.29 is 4.42 Å². The lowest BCUT2D eigenvalue weighted by Crippen LogP contribution is -2.35. The van der Waals surface area contributed by atoms with Crippen LogP contribution in [0.2, 0.25) is 0 Å². The Balaban J connectivity index is 1.16. The number of aromatic nitrogens is 1. The molecule has 58 heavy (non-hydrogen) atoms. The molecule has 1 aliphatic heterocycles. The summed E-state index contributed by atoms with van der Waals surface area (Å²) in [6.07, 6.45) is 0. The first-order valence-electron chi connectivity index (χ1n) is 20.3. The summed E-state index contributed by atoms with van der Waals surface area (Å²) in [4.78, 5) is 0. The van der Waals surface area contributed by atoms with Gasteiger partial charge >= 0.3 is 0 Å². The van der Waals surface area contributed by atoms with Gasteiger partial charge in [0.15, 0.2) is 0 Å². The van der Waals surface area contributed by atoms with Crippen molar-refractivity contribution in [3.8, 4) is 16.8 Å². The van der Waals surface area contributed by atoms with E-state index < -0.39 is 0 Å². The molecule has 280 valence electrons. The van der Waals surface area contributed by atoms with Crippen molar-refractivity contribution >= 4 is 126 Å². The van der Waals surface area contributed by atoms with Crippen LogP contribution in [0.4, 0.5) is 11.4 Å². The van der Waals surface area contributed by atoms with Crippen molar-refractivity contribution in [2.45, 2.75) is 52.4 Å². The van der Waals surface area contributed by atoms with E-state index in [-0.39, 0.29) is 10.8 Å².